The number of nitrogens with one attached hydrogen (secondary N) is 1. The number of carbonyl (C=O) groups excluding carboxylic acids is 2. The first-order chi connectivity index (χ1) is 10.5. The van der Waals surface area contributed by atoms with E-state index in [-0.39, 0.29) is 43.4 Å². The minimum absolute atomic E-state index is 0. The molecular weight excluding hydrogens is 314 g/mol. The first-order valence-electron chi connectivity index (χ1n) is 7.85. The van der Waals surface area contributed by atoms with Gasteiger partial charge in [-0.25, -0.2) is 0 Å². The zero-order chi connectivity index (χ0) is 16.1. The van der Waals surface area contributed by atoms with Gasteiger partial charge in [0.15, 0.2) is 0 Å². The topological polar surface area (TPSA) is 75.4 Å². The summed E-state index contributed by atoms with van der Waals surface area (Å²) in [5.74, 6) is 0.0647. The molecule has 0 aliphatic carbocycles. The van der Waals surface area contributed by atoms with Crippen LogP contribution in [0, 0.1) is 12.8 Å². The summed E-state index contributed by atoms with van der Waals surface area (Å²) in [6.07, 6.45) is 2.11. The number of halogens is 1. The third kappa shape index (κ3) is 4.94. The normalized spacial score (nSPS) is 20.6. The van der Waals surface area contributed by atoms with Crippen LogP contribution in [0.1, 0.15) is 36.9 Å². The summed E-state index contributed by atoms with van der Waals surface area (Å²) in [5, 5.41) is 2.57. The van der Waals surface area contributed by atoms with Crippen molar-refractivity contribution in [3.63, 3.8) is 0 Å². The maximum absolute atomic E-state index is 12.5. The fraction of sp³-hybridized carbons (Fsp3) is 0.529. The van der Waals surface area contributed by atoms with Crippen molar-refractivity contribution in [2.45, 2.75) is 32.7 Å². The Hall–Kier alpha value is -1.59. The van der Waals surface area contributed by atoms with Crippen molar-refractivity contribution < 1.29 is 9.59 Å². The molecule has 128 valence electrons. The summed E-state index contributed by atoms with van der Waals surface area (Å²) in [5.41, 5.74) is 7.63. The van der Waals surface area contributed by atoms with Crippen LogP contribution in [0.3, 0.4) is 0 Å². The number of hydrogen-bond donors (Lipinski definition) is 2. The van der Waals surface area contributed by atoms with E-state index in [0.717, 1.165) is 24.9 Å². The predicted molar refractivity (Wildman–Crippen MR) is 93.3 cm³/mol. The molecule has 2 amide bonds. The number of carbonyl (C=O) groups is 2. The summed E-state index contributed by atoms with van der Waals surface area (Å²) in [4.78, 5) is 25.6. The second-order valence-electron chi connectivity index (χ2n) is 6.04. The Morgan fingerprint density at radius 3 is 2.57 bits per heavy atom. The molecule has 0 bridgehead atoms. The van der Waals surface area contributed by atoms with Gasteiger partial charge in [0.25, 0.3) is 0 Å². The van der Waals surface area contributed by atoms with Crippen LogP contribution in [0.25, 0.3) is 0 Å². The molecule has 0 aromatic heterocycles. The number of benzene rings is 1. The minimum Gasteiger partial charge on any atom is -0.346 e. The molecule has 1 aromatic rings. The van der Waals surface area contributed by atoms with Gasteiger partial charge in [-0.05, 0) is 31.2 Å². The molecule has 1 heterocycles. The van der Waals surface area contributed by atoms with Crippen LogP contribution in [0.5, 0.6) is 0 Å². The van der Waals surface area contributed by atoms with E-state index in [1.807, 2.05) is 4.90 Å². The Morgan fingerprint density at radius 2 is 1.96 bits per heavy atom. The average molecular weight is 340 g/mol. The van der Waals surface area contributed by atoms with Crippen molar-refractivity contribution in [1.29, 1.82) is 0 Å². The molecule has 1 aliphatic heterocycles. The zero-order valence-electron chi connectivity index (χ0n) is 13.7. The Morgan fingerprint density at radius 1 is 1.30 bits per heavy atom. The van der Waals surface area contributed by atoms with E-state index in [9.17, 15) is 9.59 Å². The van der Waals surface area contributed by atoms with E-state index in [1.54, 1.807) is 0 Å². The highest BCUT2D eigenvalue weighted by molar-refractivity contribution is 5.86. The third-order valence-corrected chi connectivity index (χ3v) is 4.29. The van der Waals surface area contributed by atoms with Crippen LogP contribution < -0.4 is 11.1 Å². The molecule has 1 aromatic carbocycles. The number of piperidine rings is 1. The van der Waals surface area contributed by atoms with Crippen LogP contribution in [0.15, 0.2) is 24.3 Å². The standard InChI is InChI=1S/C17H25N3O2.ClH/c1-12-5-7-14(8-6-12)17-13(2)4-3-9-20(17)16(22)11-19-15(21)10-18;/h5-8,13,17H,3-4,9-11,18H2,1-2H3,(H,19,21);1H. The van der Waals surface area contributed by atoms with Gasteiger partial charge in [-0.3, -0.25) is 9.59 Å². The van der Waals surface area contributed by atoms with E-state index in [0.29, 0.717) is 5.92 Å². The van der Waals surface area contributed by atoms with Gasteiger partial charge in [-0.15, -0.1) is 12.4 Å². The average Bonchev–Trinajstić information content (AvgIpc) is 2.53. The number of rotatable bonds is 4. The Kier molecular flexibility index (Phi) is 7.52. The smallest absolute Gasteiger partial charge is 0.242 e. The van der Waals surface area contributed by atoms with Crippen molar-refractivity contribution >= 4 is 24.2 Å². The largest absolute Gasteiger partial charge is 0.346 e. The zero-order valence-corrected chi connectivity index (χ0v) is 14.6. The molecule has 1 fully saturated rings. The molecule has 6 heteroatoms. The van der Waals surface area contributed by atoms with Gasteiger partial charge in [0.05, 0.1) is 19.1 Å². The quantitative estimate of drug-likeness (QED) is 0.878. The summed E-state index contributed by atoms with van der Waals surface area (Å²) < 4.78 is 0. The summed E-state index contributed by atoms with van der Waals surface area (Å²) >= 11 is 0. The van der Waals surface area contributed by atoms with Gasteiger partial charge in [0.2, 0.25) is 11.8 Å². The van der Waals surface area contributed by atoms with Crippen LogP contribution in [0.2, 0.25) is 0 Å². The molecular formula is C17H26ClN3O2. The summed E-state index contributed by atoms with van der Waals surface area (Å²) in [7, 11) is 0. The van der Waals surface area contributed by atoms with Crippen molar-refractivity contribution in [3.8, 4) is 0 Å². The maximum atomic E-state index is 12.5. The third-order valence-electron chi connectivity index (χ3n) is 4.29. The van der Waals surface area contributed by atoms with Gasteiger partial charge in [0.1, 0.15) is 0 Å². The molecule has 0 spiro atoms. The van der Waals surface area contributed by atoms with E-state index < -0.39 is 0 Å². The highest BCUT2D eigenvalue weighted by atomic mass is 35.5. The first kappa shape index (κ1) is 19.5. The van der Waals surface area contributed by atoms with Gasteiger partial charge >= 0.3 is 0 Å². The van der Waals surface area contributed by atoms with E-state index in [1.165, 1.54) is 5.56 Å². The molecule has 3 N–H and O–H groups in total. The van der Waals surface area contributed by atoms with Crippen molar-refractivity contribution in [2.24, 2.45) is 11.7 Å². The molecule has 2 atom stereocenters. The lowest BCUT2D eigenvalue weighted by atomic mass is 9.85. The van der Waals surface area contributed by atoms with Gasteiger partial charge in [-0.1, -0.05) is 36.8 Å². The van der Waals surface area contributed by atoms with E-state index >= 15 is 0 Å². The lowest BCUT2D eigenvalue weighted by Gasteiger charge is -2.40. The Labute approximate surface area is 144 Å². The van der Waals surface area contributed by atoms with Crippen molar-refractivity contribution in [1.82, 2.24) is 10.2 Å². The van der Waals surface area contributed by atoms with E-state index in [2.05, 4.69) is 43.4 Å². The number of nitrogens with zero attached hydrogens (tertiary/aromatic N) is 1. The fourth-order valence-electron chi connectivity index (χ4n) is 3.09. The predicted octanol–water partition coefficient (Wildman–Crippen LogP) is 1.79. The van der Waals surface area contributed by atoms with Crippen molar-refractivity contribution in [2.75, 3.05) is 19.6 Å². The molecule has 23 heavy (non-hydrogen) atoms. The molecule has 0 radical (unpaired) electrons. The number of nitrogens with two attached hydrogens (primary N) is 1. The second kappa shape index (κ2) is 8.89. The molecule has 2 rings (SSSR count). The SMILES string of the molecule is Cc1ccc(C2C(C)CCCN2C(=O)CNC(=O)CN)cc1.Cl. The lowest BCUT2D eigenvalue weighted by Crippen LogP contribution is -2.47. The van der Waals surface area contributed by atoms with E-state index in [4.69, 9.17) is 5.73 Å². The van der Waals surface area contributed by atoms with Crippen LogP contribution >= 0.6 is 12.4 Å². The summed E-state index contributed by atoms with van der Waals surface area (Å²) in [6.45, 7) is 4.90. The van der Waals surface area contributed by atoms with Crippen molar-refractivity contribution in [3.05, 3.63) is 35.4 Å². The molecule has 1 aliphatic rings. The Bertz CT molecular complexity index is 533. The number of hydrogen-bond acceptors (Lipinski definition) is 3. The summed E-state index contributed by atoms with van der Waals surface area (Å²) in [6, 6.07) is 8.43. The van der Waals surface area contributed by atoms with Gasteiger partial charge in [0, 0.05) is 6.54 Å². The first-order valence-corrected chi connectivity index (χ1v) is 7.85. The van der Waals surface area contributed by atoms with Crippen LogP contribution in [-0.2, 0) is 9.59 Å². The highest BCUT2D eigenvalue weighted by Gasteiger charge is 2.32. The fourth-order valence-corrected chi connectivity index (χ4v) is 3.09. The number of aryl methyl sites for hydroxylation is 1. The van der Waals surface area contributed by atoms with Gasteiger partial charge < -0.3 is 16.0 Å². The maximum Gasteiger partial charge on any atom is 0.242 e. The number of likely N-dealkylation sites (tertiary alicyclic amines) is 1. The molecule has 0 saturated carbocycles. The second-order valence-corrected chi connectivity index (χ2v) is 6.04. The van der Waals surface area contributed by atoms with Crippen LogP contribution in [-0.4, -0.2) is 36.3 Å². The monoisotopic (exact) mass is 339 g/mol. The minimum atomic E-state index is -0.301. The molecule has 5 nitrogen and oxygen atoms in total. The Balaban J connectivity index is 0.00000264. The highest BCUT2D eigenvalue weighted by Crippen LogP contribution is 2.35. The molecule has 1 saturated heterocycles. The van der Waals surface area contributed by atoms with Crippen LogP contribution in [0.4, 0.5) is 0 Å². The molecule has 2 unspecified atom stereocenters. The lowest BCUT2D eigenvalue weighted by molar-refractivity contribution is -0.137. The number of amides is 2. The van der Waals surface area contributed by atoms with Gasteiger partial charge in [-0.2, -0.15) is 0 Å².